The number of benzene rings is 4. The topological polar surface area (TPSA) is 56.7 Å². The molecule has 0 saturated carbocycles. The molecule has 0 fully saturated rings. The fourth-order valence-corrected chi connectivity index (χ4v) is 8.51. The molecule has 5 nitrogen and oxygen atoms in total. The van der Waals surface area contributed by atoms with Crippen LogP contribution in [0.3, 0.4) is 0 Å². The van der Waals surface area contributed by atoms with E-state index in [1.807, 2.05) is 58.0 Å². The molecule has 4 aromatic carbocycles. The number of furan rings is 1. The Morgan fingerprint density at radius 3 is 2.27 bits per heavy atom. The van der Waals surface area contributed by atoms with E-state index in [-0.39, 0.29) is 25.7 Å². The second-order valence-electron chi connectivity index (χ2n) is 16.2. The minimum atomic E-state index is -2.17. The van der Waals surface area contributed by atoms with Gasteiger partial charge in [0.25, 0.3) is 0 Å². The van der Waals surface area contributed by atoms with Crippen LogP contribution in [0.5, 0.6) is 0 Å². The second kappa shape index (κ2) is 15.5. The molecule has 8 rings (SSSR count). The third-order valence-corrected chi connectivity index (χ3v) is 11.4. The van der Waals surface area contributed by atoms with Crippen molar-refractivity contribution in [1.82, 2.24) is 19.5 Å². The van der Waals surface area contributed by atoms with Crippen molar-refractivity contribution in [1.29, 1.82) is 0 Å². The van der Waals surface area contributed by atoms with Crippen LogP contribution in [0.2, 0.25) is 19.6 Å². The number of hydrogen-bond donors (Lipinski definition) is 0. The zero-order valence-corrected chi connectivity index (χ0v) is 36.6. The van der Waals surface area contributed by atoms with E-state index in [0.717, 1.165) is 55.3 Å². The number of aryl methyl sites for hydroxylation is 5. The van der Waals surface area contributed by atoms with Gasteiger partial charge in [-0.1, -0.05) is 99.7 Å². The van der Waals surface area contributed by atoms with Crippen molar-refractivity contribution in [2.75, 3.05) is 0 Å². The summed E-state index contributed by atoms with van der Waals surface area (Å²) in [5.74, 6) is 0.822. The van der Waals surface area contributed by atoms with E-state index >= 15 is 0 Å². The molecular formula is C48H50IrN4OSi-2. The summed E-state index contributed by atoms with van der Waals surface area (Å²) >= 11 is 0. The number of rotatable bonds is 5. The van der Waals surface area contributed by atoms with Gasteiger partial charge in [-0.3, -0.25) is 4.98 Å². The summed E-state index contributed by atoms with van der Waals surface area (Å²) < 4.78 is 48.6. The molecule has 7 heteroatoms. The number of nitrogens with zero attached hydrogens (tertiary/aromatic N) is 4. The van der Waals surface area contributed by atoms with Crippen LogP contribution >= 0.6 is 0 Å². The Bertz CT molecular complexity index is 2840. The molecule has 0 bridgehead atoms. The van der Waals surface area contributed by atoms with Crippen LogP contribution < -0.4 is 5.19 Å². The normalized spacial score (nSPS) is 13.7. The maximum absolute atomic E-state index is 8.79. The minimum absolute atomic E-state index is 0. The summed E-state index contributed by atoms with van der Waals surface area (Å²) in [7, 11) is -1.81. The van der Waals surface area contributed by atoms with Gasteiger partial charge in [-0.15, -0.1) is 53.6 Å². The smallest absolute Gasteiger partial charge is 0.216 e. The molecule has 0 atom stereocenters. The summed E-state index contributed by atoms with van der Waals surface area (Å²) in [4.78, 5) is 14.2. The molecule has 283 valence electrons. The van der Waals surface area contributed by atoms with Crippen molar-refractivity contribution in [3.05, 3.63) is 137 Å². The van der Waals surface area contributed by atoms with Crippen molar-refractivity contribution >= 4 is 46.4 Å². The van der Waals surface area contributed by atoms with Gasteiger partial charge in [0.15, 0.2) is 0 Å². The summed E-state index contributed by atoms with van der Waals surface area (Å²) in [6.45, 7) is 18.5. The van der Waals surface area contributed by atoms with E-state index < -0.39 is 26.7 Å². The number of fused-ring (bicyclic) bond motifs is 4. The van der Waals surface area contributed by atoms with Gasteiger partial charge >= 0.3 is 0 Å². The van der Waals surface area contributed by atoms with Crippen molar-refractivity contribution in [2.24, 2.45) is 5.41 Å². The molecule has 0 aliphatic rings. The number of pyridine rings is 2. The largest absolute Gasteiger partial charge is 0.486 e. The van der Waals surface area contributed by atoms with E-state index in [2.05, 4.69) is 103 Å². The van der Waals surface area contributed by atoms with Crippen molar-refractivity contribution in [3.8, 4) is 28.3 Å². The van der Waals surface area contributed by atoms with Gasteiger partial charge in [0.1, 0.15) is 0 Å². The third-order valence-electron chi connectivity index (χ3n) is 9.39. The fourth-order valence-electron chi connectivity index (χ4n) is 7.12. The van der Waals surface area contributed by atoms with Crippen LogP contribution in [0.1, 0.15) is 61.1 Å². The molecule has 0 amide bonds. The van der Waals surface area contributed by atoms with Gasteiger partial charge in [-0.2, -0.15) is 0 Å². The molecule has 4 heterocycles. The first-order valence-corrected chi connectivity index (χ1v) is 21.9. The summed E-state index contributed by atoms with van der Waals surface area (Å²) in [5, 5.41) is 3.04. The van der Waals surface area contributed by atoms with Gasteiger partial charge < -0.3 is 14.0 Å². The Balaban J connectivity index is 0.000000201. The van der Waals surface area contributed by atoms with Crippen LogP contribution in [-0.2, 0) is 26.5 Å². The summed E-state index contributed by atoms with van der Waals surface area (Å²) in [6.07, 6.45) is 0.269. The van der Waals surface area contributed by atoms with Gasteiger partial charge in [0.2, 0.25) is 5.71 Å². The van der Waals surface area contributed by atoms with Crippen LogP contribution in [-0.4, -0.2) is 27.6 Å². The SMILES string of the molecule is Cc1cc(C)c(-n2c(-c3[c-]ccc4c3oc3nc(C)ccc34)nc3ccccc32)c(C)c1.[2H]C([2H])([2H])c1c[c-]c(-c2cc(C([2H])([2H])C(C)(C)C)c([Si](C)(C)C)cn2)cc1.[Ir]. The third kappa shape index (κ3) is 8.30. The average molecular weight is 924 g/mol. The molecule has 0 aliphatic heterocycles. The van der Waals surface area contributed by atoms with Crippen LogP contribution in [0.15, 0.2) is 95.5 Å². The Hall–Kier alpha value is -4.68. The molecule has 55 heavy (non-hydrogen) atoms. The Kier molecular flexibility index (Phi) is 9.45. The second-order valence-corrected chi connectivity index (χ2v) is 21.3. The zero-order valence-electron chi connectivity index (χ0n) is 38.2. The maximum Gasteiger partial charge on any atom is 0.216 e. The number of imidazole rings is 1. The van der Waals surface area contributed by atoms with E-state index in [1.54, 1.807) is 18.3 Å². The van der Waals surface area contributed by atoms with E-state index in [1.165, 1.54) is 22.8 Å². The van der Waals surface area contributed by atoms with Crippen molar-refractivity contribution in [3.63, 3.8) is 0 Å². The number of hydrogen-bond acceptors (Lipinski definition) is 4. The standard InChI is InChI=1S/C28H22N3O.C20H28NSi.Ir/c1-16-14-17(2)25(18(3)15-16)31-24-11-6-5-10-23(24)30-27(31)22-9-7-8-20-21-13-12-19(4)29-28(21)32-26(20)22;1-15-8-10-16(11-9-15)18-12-17(13-20(2,3)4)19(14-21-18)22(5,6)7;/h5-8,10-15H,1-4H3;8-10,12,14H,13H2,1-7H3;/q2*-1;/i;1D3,13D2;. The molecule has 1 radical (unpaired) electrons. The van der Waals surface area contributed by atoms with E-state index in [0.29, 0.717) is 22.5 Å². The Morgan fingerprint density at radius 2 is 1.60 bits per heavy atom. The van der Waals surface area contributed by atoms with Gasteiger partial charge in [0, 0.05) is 49.9 Å². The van der Waals surface area contributed by atoms with Crippen LogP contribution in [0, 0.1) is 52.1 Å². The average Bonchev–Trinajstić information content (AvgIpc) is 3.71. The molecular weight excluding hydrogens is 869 g/mol. The van der Waals surface area contributed by atoms with E-state index in [4.69, 9.17) is 16.3 Å². The molecule has 8 aromatic rings. The molecule has 0 aliphatic carbocycles. The molecule has 0 spiro atoms. The Labute approximate surface area is 347 Å². The number of aromatic nitrogens is 4. The van der Waals surface area contributed by atoms with Gasteiger partial charge in [-0.25, -0.2) is 4.98 Å². The predicted molar refractivity (Wildman–Crippen MR) is 229 cm³/mol. The fraction of sp³-hybridized carbons (Fsp3) is 0.271. The molecule has 4 aromatic heterocycles. The zero-order chi connectivity index (χ0) is 42.8. The Morgan fingerprint density at radius 1 is 0.855 bits per heavy atom. The monoisotopic (exact) mass is 924 g/mol. The summed E-state index contributed by atoms with van der Waals surface area (Å²) in [6, 6.07) is 33.7. The summed E-state index contributed by atoms with van der Waals surface area (Å²) in [5.41, 5.74) is 11.6. The maximum atomic E-state index is 8.79. The van der Waals surface area contributed by atoms with Gasteiger partial charge in [-0.05, 0) is 85.8 Å². The first kappa shape index (κ1) is 33.6. The quantitative estimate of drug-likeness (QED) is 0.127. The van der Waals surface area contributed by atoms with Crippen molar-refractivity contribution < 1.29 is 31.4 Å². The minimum Gasteiger partial charge on any atom is -0.486 e. The van der Waals surface area contributed by atoms with Crippen LogP contribution in [0.4, 0.5) is 0 Å². The van der Waals surface area contributed by atoms with Gasteiger partial charge in [0.05, 0.1) is 30.5 Å². The molecule has 0 saturated heterocycles. The van der Waals surface area contributed by atoms with Crippen molar-refractivity contribution in [2.45, 2.75) is 81.3 Å². The predicted octanol–water partition coefficient (Wildman–Crippen LogP) is 12.0. The first-order valence-electron chi connectivity index (χ1n) is 20.9. The first-order chi connectivity index (χ1) is 27.6. The van der Waals surface area contributed by atoms with Crippen LogP contribution in [0.25, 0.3) is 61.4 Å². The molecule has 0 N–H and O–H groups in total. The molecule has 0 unspecified atom stereocenters. The van der Waals surface area contributed by atoms with E-state index in [9.17, 15) is 0 Å². The number of para-hydroxylation sites is 2.